The summed E-state index contributed by atoms with van der Waals surface area (Å²) in [7, 11) is 0. The Balaban J connectivity index is 1.79. The number of hydrogen-bond acceptors (Lipinski definition) is 3. The third-order valence-corrected chi connectivity index (χ3v) is 5.95. The maximum Gasteiger partial charge on any atom is 0.271 e. The highest BCUT2D eigenvalue weighted by atomic mass is 127. The Morgan fingerprint density at radius 1 is 1.29 bits per heavy atom. The van der Waals surface area contributed by atoms with E-state index in [1.54, 1.807) is 12.3 Å². The van der Waals surface area contributed by atoms with Gasteiger partial charge in [0.25, 0.3) is 5.91 Å². The molecule has 4 nitrogen and oxygen atoms in total. The quantitative estimate of drug-likeness (QED) is 0.348. The van der Waals surface area contributed by atoms with Crippen LogP contribution in [0.4, 0.5) is 5.69 Å². The largest absolute Gasteiger partial charge is 0.364 e. The van der Waals surface area contributed by atoms with Crippen LogP contribution in [0.2, 0.25) is 0 Å². The predicted molar refractivity (Wildman–Crippen MR) is 125 cm³/mol. The number of nitrogens with one attached hydrogen (secondary N) is 1. The molecule has 1 atom stereocenters. The van der Waals surface area contributed by atoms with Crippen molar-refractivity contribution in [3.63, 3.8) is 0 Å². The first-order chi connectivity index (χ1) is 13.2. The van der Waals surface area contributed by atoms with Gasteiger partial charge in [0.1, 0.15) is 0 Å². The number of nitrogens with zero attached hydrogens (tertiary/aromatic N) is 2. The fourth-order valence-corrected chi connectivity index (χ4v) is 4.93. The van der Waals surface area contributed by atoms with Crippen LogP contribution in [0.3, 0.4) is 0 Å². The number of carbonyl (C=O) groups excluding carboxylic acids is 1. The van der Waals surface area contributed by atoms with E-state index in [9.17, 15) is 4.79 Å². The lowest BCUT2D eigenvalue weighted by Gasteiger charge is -2.50. The Kier molecular flexibility index (Phi) is 6.12. The lowest BCUT2D eigenvalue weighted by atomic mass is 9.79. The summed E-state index contributed by atoms with van der Waals surface area (Å²) >= 11 is 2.19. The predicted octanol–water partition coefficient (Wildman–Crippen LogP) is 5.56. The third kappa shape index (κ3) is 4.40. The summed E-state index contributed by atoms with van der Waals surface area (Å²) in [4.78, 5) is 14.7. The van der Waals surface area contributed by atoms with Crippen LogP contribution in [-0.2, 0) is 0 Å². The van der Waals surface area contributed by atoms with Crippen molar-refractivity contribution in [1.82, 2.24) is 5.43 Å². The molecule has 0 spiro atoms. The summed E-state index contributed by atoms with van der Waals surface area (Å²) in [6, 6.07) is 14.4. The minimum absolute atomic E-state index is 0.136. The molecule has 5 heteroatoms. The average molecular weight is 489 g/mol. The molecule has 0 aliphatic carbocycles. The molecule has 2 aromatic carbocycles. The molecule has 0 saturated carbocycles. The van der Waals surface area contributed by atoms with Crippen molar-refractivity contribution in [2.24, 2.45) is 5.10 Å². The van der Waals surface area contributed by atoms with Crippen molar-refractivity contribution in [1.29, 1.82) is 0 Å². The molecule has 0 aromatic heterocycles. The Hall–Kier alpha value is -1.89. The molecule has 1 amide bonds. The number of hydrazone groups is 1. The van der Waals surface area contributed by atoms with E-state index in [-0.39, 0.29) is 11.4 Å². The highest BCUT2D eigenvalue weighted by Gasteiger charge is 2.37. The maximum absolute atomic E-state index is 12.2. The fraction of sp³-hybridized carbons (Fsp3) is 0.391. The first-order valence-electron chi connectivity index (χ1n) is 9.71. The molecule has 1 aliphatic heterocycles. The second-order valence-electron chi connectivity index (χ2n) is 8.41. The van der Waals surface area contributed by atoms with Crippen LogP contribution in [0.5, 0.6) is 0 Å². The second kappa shape index (κ2) is 8.23. The Morgan fingerprint density at radius 2 is 2.04 bits per heavy atom. The number of carbonyl (C=O) groups is 1. The molecule has 1 N–H and O–H groups in total. The number of amides is 1. The van der Waals surface area contributed by atoms with E-state index in [0.717, 1.165) is 15.6 Å². The van der Waals surface area contributed by atoms with Gasteiger partial charge in [-0.05, 0) is 104 Å². The molecule has 2 aromatic rings. The van der Waals surface area contributed by atoms with Crippen LogP contribution in [0.15, 0.2) is 47.6 Å². The number of hydrogen-bond donors (Lipinski definition) is 1. The lowest BCUT2D eigenvalue weighted by Crippen LogP contribution is -2.51. The first kappa shape index (κ1) is 20.8. The van der Waals surface area contributed by atoms with E-state index in [0.29, 0.717) is 17.5 Å². The minimum atomic E-state index is -0.200. The van der Waals surface area contributed by atoms with Gasteiger partial charge >= 0.3 is 0 Å². The highest BCUT2D eigenvalue weighted by molar-refractivity contribution is 14.1. The number of anilines is 1. The number of rotatable bonds is 4. The van der Waals surface area contributed by atoms with Crippen LogP contribution in [0.1, 0.15) is 68.4 Å². The van der Waals surface area contributed by atoms with E-state index >= 15 is 0 Å². The van der Waals surface area contributed by atoms with Crippen molar-refractivity contribution in [3.05, 3.63) is 62.7 Å². The fourth-order valence-electron chi connectivity index (χ4n) is 4.39. The minimum Gasteiger partial charge on any atom is -0.364 e. The molecule has 1 aliphatic rings. The van der Waals surface area contributed by atoms with Crippen molar-refractivity contribution >= 4 is 40.4 Å². The van der Waals surface area contributed by atoms with Gasteiger partial charge in [0.05, 0.1) is 6.21 Å². The molecule has 3 rings (SSSR count). The summed E-state index contributed by atoms with van der Waals surface area (Å²) in [5.41, 5.74) is 7.02. The van der Waals surface area contributed by atoms with E-state index in [1.807, 2.05) is 18.2 Å². The van der Waals surface area contributed by atoms with Crippen molar-refractivity contribution in [2.75, 3.05) is 4.90 Å². The van der Waals surface area contributed by atoms with Crippen molar-refractivity contribution < 1.29 is 4.79 Å². The van der Waals surface area contributed by atoms with E-state index in [2.05, 4.69) is 90.8 Å². The van der Waals surface area contributed by atoms with Crippen molar-refractivity contribution in [2.45, 2.75) is 58.5 Å². The number of halogens is 1. The zero-order chi connectivity index (χ0) is 20.5. The van der Waals surface area contributed by atoms with Gasteiger partial charge in [0.15, 0.2) is 0 Å². The maximum atomic E-state index is 12.2. The number of benzene rings is 2. The Morgan fingerprint density at radius 3 is 2.71 bits per heavy atom. The van der Waals surface area contributed by atoms with E-state index in [4.69, 9.17) is 0 Å². The molecule has 0 fully saturated rings. The van der Waals surface area contributed by atoms with Gasteiger partial charge in [-0.15, -0.1) is 0 Å². The summed E-state index contributed by atoms with van der Waals surface area (Å²) < 4.78 is 1.02. The lowest BCUT2D eigenvalue weighted by molar-refractivity contribution is 0.0955. The van der Waals surface area contributed by atoms with Crippen LogP contribution in [0.25, 0.3) is 0 Å². The molecular formula is C23H28IN3O. The molecular weight excluding hydrogens is 461 g/mol. The Labute approximate surface area is 181 Å². The Bertz CT molecular complexity index is 904. The third-order valence-electron chi connectivity index (χ3n) is 5.28. The molecule has 0 unspecified atom stereocenters. The summed E-state index contributed by atoms with van der Waals surface area (Å²) in [5, 5.41) is 4.16. The average Bonchev–Trinajstić information content (AvgIpc) is 2.61. The number of fused-ring (bicyclic) bond motifs is 1. The second-order valence-corrected chi connectivity index (χ2v) is 9.65. The summed E-state index contributed by atoms with van der Waals surface area (Å²) in [6.07, 6.45) is 2.83. The van der Waals surface area contributed by atoms with Gasteiger partial charge in [0, 0.05) is 26.4 Å². The van der Waals surface area contributed by atoms with Crippen molar-refractivity contribution in [3.8, 4) is 0 Å². The standard InChI is InChI=1S/C23H28IN3O/c1-15(2)27-21-10-9-17(11-20(21)16(3)13-23(27,4)5)14-25-26-22(28)18-7-6-8-19(24)12-18/h6-12,14-16H,13H2,1-5H3,(H,26,28)/b25-14-/t16-/m0/s1. The van der Waals surface area contributed by atoms with Crippen LogP contribution in [-0.4, -0.2) is 23.7 Å². The molecule has 0 radical (unpaired) electrons. The summed E-state index contributed by atoms with van der Waals surface area (Å²) in [6.45, 7) is 11.4. The zero-order valence-electron chi connectivity index (χ0n) is 17.2. The molecule has 0 saturated heterocycles. The van der Waals surface area contributed by atoms with Crippen LogP contribution < -0.4 is 10.3 Å². The van der Waals surface area contributed by atoms with Gasteiger partial charge in [-0.3, -0.25) is 4.79 Å². The van der Waals surface area contributed by atoms with Gasteiger partial charge in [-0.1, -0.05) is 19.1 Å². The smallest absolute Gasteiger partial charge is 0.271 e. The van der Waals surface area contributed by atoms with Gasteiger partial charge in [-0.25, -0.2) is 5.43 Å². The molecule has 1 heterocycles. The summed E-state index contributed by atoms with van der Waals surface area (Å²) in [5.74, 6) is 0.281. The molecule has 28 heavy (non-hydrogen) atoms. The van der Waals surface area contributed by atoms with E-state index < -0.39 is 0 Å². The SMILES string of the molecule is CC(C)N1c2ccc(/C=N\NC(=O)c3cccc(I)c3)cc2[C@@H](C)CC1(C)C. The monoisotopic (exact) mass is 489 g/mol. The zero-order valence-corrected chi connectivity index (χ0v) is 19.3. The topological polar surface area (TPSA) is 44.7 Å². The molecule has 148 valence electrons. The van der Waals surface area contributed by atoms with Crippen LogP contribution in [0, 0.1) is 3.57 Å². The van der Waals surface area contributed by atoms with Gasteiger partial charge in [-0.2, -0.15) is 5.10 Å². The van der Waals surface area contributed by atoms with Crippen LogP contribution >= 0.6 is 22.6 Å². The highest BCUT2D eigenvalue weighted by Crippen LogP contribution is 2.44. The normalized spacial score (nSPS) is 18.4. The first-order valence-corrected chi connectivity index (χ1v) is 10.8. The van der Waals surface area contributed by atoms with E-state index in [1.165, 1.54) is 11.3 Å². The van der Waals surface area contributed by atoms with Gasteiger partial charge < -0.3 is 4.90 Å². The van der Waals surface area contributed by atoms with Gasteiger partial charge in [0.2, 0.25) is 0 Å². The molecule has 0 bridgehead atoms.